The fraction of sp³-hybridized carbons (Fsp3) is 0.389. The second-order valence-corrected chi connectivity index (χ2v) is 7.94. The van der Waals surface area contributed by atoms with E-state index in [0.717, 1.165) is 12.8 Å². The smallest absolute Gasteiger partial charge is 0.312 e. The van der Waals surface area contributed by atoms with Crippen LogP contribution in [0.1, 0.15) is 25.5 Å². The molecule has 3 rings (SSSR count). The summed E-state index contributed by atoms with van der Waals surface area (Å²) < 4.78 is 5.03. The van der Waals surface area contributed by atoms with Crippen molar-refractivity contribution in [3.05, 3.63) is 39.3 Å². The highest BCUT2D eigenvalue weighted by atomic mass is 35.5. The van der Waals surface area contributed by atoms with E-state index in [2.05, 4.69) is 10.3 Å². The highest BCUT2D eigenvalue weighted by molar-refractivity contribution is 7.13. The predicted octanol–water partition coefficient (Wildman–Crippen LogP) is 4.12. The number of aromatic nitrogens is 1. The van der Waals surface area contributed by atoms with E-state index in [1.54, 1.807) is 23.6 Å². The third kappa shape index (κ3) is 4.96. The van der Waals surface area contributed by atoms with Gasteiger partial charge in [0.15, 0.2) is 6.61 Å². The molecule has 1 atom stereocenters. The first-order valence-electron chi connectivity index (χ1n) is 8.28. The van der Waals surface area contributed by atoms with Gasteiger partial charge in [0.25, 0.3) is 5.91 Å². The van der Waals surface area contributed by atoms with Crippen molar-refractivity contribution in [1.82, 2.24) is 10.3 Å². The second kappa shape index (κ2) is 8.37. The summed E-state index contributed by atoms with van der Waals surface area (Å²) in [7, 11) is 0. The minimum Gasteiger partial charge on any atom is -0.455 e. The number of esters is 1. The lowest BCUT2D eigenvalue weighted by molar-refractivity contribution is -0.148. The van der Waals surface area contributed by atoms with E-state index in [1.807, 2.05) is 6.92 Å². The first kappa shape index (κ1) is 19.1. The third-order valence-corrected chi connectivity index (χ3v) is 5.67. The van der Waals surface area contributed by atoms with Crippen molar-refractivity contribution in [1.29, 1.82) is 0 Å². The minimum absolute atomic E-state index is 0.00989. The standard InChI is InChI=1S/C18H18Cl2N2O3S/c1-10(11-5-6-11)21-15(23)8-25-16(24)7-12-9-26-18(22-12)17-13(19)3-2-4-14(17)20/h2-4,9-11H,5-8H2,1H3,(H,21,23)/t10-/m1/s1. The van der Waals surface area contributed by atoms with Gasteiger partial charge in [0, 0.05) is 17.0 Å². The van der Waals surface area contributed by atoms with Gasteiger partial charge in [-0.15, -0.1) is 11.3 Å². The average molecular weight is 413 g/mol. The Kier molecular flexibility index (Phi) is 6.16. The number of halogens is 2. The molecule has 1 heterocycles. The monoisotopic (exact) mass is 412 g/mol. The number of hydrogen-bond donors (Lipinski definition) is 1. The van der Waals surface area contributed by atoms with E-state index in [1.165, 1.54) is 11.3 Å². The van der Waals surface area contributed by atoms with Gasteiger partial charge in [-0.05, 0) is 37.8 Å². The lowest BCUT2D eigenvalue weighted by Gasteiger charge is -2.12. The summed E-state index contributed by atoms with van der Waals surface area (Å²) in [6.07, 6.45) is 2.27. The first-order chi connectivity index (χ1) is 12.4. The molecule has 1 amide bonds. The molecule has 8 heteroatoms. The normalized spacial score (nSPS) is 14.7. The van der Waals surface area contributed by atoms with Gasteiger partial charge in [0.05, 0.1) is 22.2 Å². The Bertz CT molecular complexity index is 800. The molecule has 0 bridgehead atoms. The molecular weight excluding hydrogens is 395 g/mol. The Balaban J connectivity index is 1.52. The molecule has 1 aromatic heterocycles. The Hall–Kier alpha value is -1.63. The number of amides is 1. The highest BCUT2D eigenvalue weighted by Crippen LogP contribution is 2.36. The SMILES string of the molecule is C[C@@H](NC(=O)COC(=O)Cc1csc(-c2c(Cl)cccc2Cl)n1)C1CC1. The fourth-order valence-corrected chi connectivity index (χ4v) is 4.14. The Morgan fingerprint density at radius 3 is 2.69 bits per heavy atom. The van der Waals surface area contributed by atoms with Gasteiger partial charge in [0.2, 0.25) is 0 Å². The van der Waals surface area contributed by atoms with E-state index in [9.17, 15) is 9.59 Å². The molecule has 1 aliphatic rings. The van der Waals surface area contributed by atoms with Crippen molar-refractivity contribution >= 4 is 46.4 Å². The molecule has 5 nitrogen and oxygen atoms in total. The van der Waals surface area contributed by atoms with Crippen molar-refractivity contribution in [2.24, 2.45) is 5.92 Å². The maximum Gasteiger partial charge on any atom is 0.312 e. The van der Waals surface area contributed by atoms with E-state index >= 15 is 0 Å². The van der Waals surface area contributed by atoms with Gasteiger partial charge in [-0.25, -0.2) is 4.98 Å². The average Bonchev–Trinajstić information content (AvgIpc) is 3.34. The quantitative estimate of drug-likeness (QED) is 0.694. The summed E-state index contributed by atoms with van der Waals surface area (Å²) >= 11 is 13.7. The summed E-state index contributed by atoms with van der Waals surface area (Å²) in [6, 6.07) is 5.36. The van der Waals surface area contributed by atoms with Crippen LogP contribution in [0.5, 0.6) is 0 Å². The molecule has 1 fully saturated rings. The predicted molar refractivity (Wildman–Crippen MR) is 103 cm³/mol. The molecule has 138 valence electrons. The third-order valence-electron chi connectivity index (χ3n) is 4.14. The van der Waals surface area contributed by atoms with E-state index in [0.29, 0.717) is 32.2 Å². The zero-order chi connectivity index (χ0) is 18.7. The number of nitrogens with one attached hydrogen (secondary N) is 1. The van der Waals surface area contributed by atoms with Crippen molar-refractivity contribution in [2.45, 2.75) is 32.2 Å². The molecule has 0 saturated heterocycles. The number of carbonyl (C=O) groups is 2. The van der Waals surface area contributed by atoms with Crippen LogP contribution >= 0.6 is 34.5 Å². The fourth-order valence-electron chi connectivity index (χ4n) is 2.56. The Morgan fingerprint density at radius 2 is 2.04 bits per heavy atom. The van der Waals surface area contributed by atoms with Crippen LogP contribution in [-0.4, -0.2) is 29.5 Å². The number of nitrogens with zero attached hydrogens (tertiary/aromatic N) is 1. The van der Waals surface area contributed by atoms with E-state index in [4.69, 9.17) is 27.9 Å². The van der Waals surface area contributed by atoms with Gasteiger partial charge < -0.3 is 10.1 Å². The number of carbonyl (C=O) groups excluding carboxylic acids is 2. The largest absolute Gasteiger partial charge is 0.455 e. The second-order valence-electron chi connectivity index (χ2n) is 6.27. The summed E-state index contributed by atoms with van der Waals surface area (Å²) in [4.78, 5) is 28.1. The van der Waals surface area contributed by atoms with Crippen molar-refractivity contribution < 1.29 is 14.3 Å². The van der Waals surface area contributed by atoms with Crippen LogP contribution in [0.2, 0.25) is 10.0 Å². The molecule has 26 heavy (non-hydrogen) atoms. The molecule has 1 aliphatic carbocycles. The number of thiazole rings is 1. The van der Waals surface area contributed by atoms with Gasteiger partial charge in [-0.2, -0.15) is 0 Å². The van der Waals surface area contributed by atoms with E-state index in [-0.39, 0.29) is 25.0 Å². The molecule has 2 aromatic rings. The zero-order valence-corrected chi connectivity index (χ0v) is 16.5. The Morgan fingerprint density at radius 1 is 1.35 bits per heavy atom. The van der Waals surface area contributed by atoms with E-state index < -0.39 is 5.97 Å². The van der Waals surface area contributed by atoms with Gasteiger partial charge in [-0.1, -0.05) is 29.3 Å². The molecule has 1 saturated carbocycles. The lowest BCUT2D eigenvalue weighted by Crippen LogP contribution is -2.37. The lowest BCUT2D eigenvalue weighted by atomic mass is 10.2. The maximum atomic E-state index is 11.9. The molecule has 0 aliphatic heterocycles. The van der Waals surface area contributed by atoms with Crippen molar-refractivity contribution in [2.75, 3.05) is 6.61 Å². The van der Waals surface area contributed by atoms with Gasteiger partial charge in [0.1, 0.15) is 5.01 Å². The summed E-state index contributed by atoms with van der Waals surface area (Å²) in [5, 5.41) is 6.24. The Labute approximate surface area is 165 Å². The topological polar surface area (TPSA) is 68.3 Å². The first-order valence-corrected chi connectivity index (χ1v) is 9.91. The summed E-state index contributed by atoms with van der Waals surface area (Å²) in [6.45, 7) is 1.69. The van der Waals surface area contributed by atoms with Crippen LogP contribution in [0.25, 0.3) is 10.6 Å². The van der Waals surface area contributed by atoms with Crippen LogP contribution in [0.15, 0.2) is 23.6 Å². The zero-order valence-electron chi connectivity index (χ0n) is 14.1. The molecule has 0 spiro atoms. The molecule has 0 unspecified atom stereocenters. The number of hydrogen-bond acceptors (Lipinski definition) is 5. The van der Waals surface area contributed by atoms with Crippen LogP contribution in [0.4, 0.5) is 0 Å². The molecular formula is C18H18Cl2N2O3S. The van der Waals surface area contributed by atoms with Crippen molar-refractivity contribution in [3.63, 3.8) is 0 Å². The highest BCUT2D eigenvalue weighted by Gasteiger charge is 2.29. The van der Waals surface area contributed by atoms with Crippen LogP contribution in [0, 0.1) is 5.92 Å². The molecule has 0 radical (unpaired) electrons. The minimum atomic E-state index is -0.499. The van der Waals surface area contributed by atoms with Gasteiger partial charge in [-0.3, -0.25) is 9.59 Å². The van der Waals surface area contributed by atoms with Crippen LogP contribution < -0.4 is 5.32 Å². The maximum absolute atomic E-state index is 11.9. The number of benzene rings is 1. The molecule has 1 N–H and O–H groups in total. The van der Waals surface area contributed by atoms with Crippen molar-refractivity contribution in [3.8, 4) is 10.6 Å². The summed E-state index contributed by atoms with van der Waals surface area (Å²) in [5.41, 5.74) is 1.20. The molecule has 1 aromatic carbocycles. The van der Waals surface area contributed by atoms with Gasteiger partial charge >= 0.3 is 5.97 Å². The van der Waals surface area contributed by atoms with Crippen LogP contribution in [-0.2, 0) is 20.7 Å². The van der Waals surface area contributed by atoms with Crippen LogP contribution in [0.3, 0.4) is 0 Å². The number of ether oxygens (including phenoxy) is 1. The summed E-state index contributed by atoms with van der Waals surface area (Å²) in [5.74, 6) is -0.222. The number of rotatable bonds is 7.